The van der Waals surface area contributed by atoms with E-state index in [-0.39, 0.29) is 11.7 Å². The van der Waals surface area contributed by atoms with Gasteiger partial charge >= 0.3 is 0 Å². The Morgan fingerprint density at radius 1 is 1.23 bits per heavy atom. The van der Waals surface area contributed by atoms with Crippen molar-refractivity contribution in [2.75, 3.05) is 18.2 Å². The number of ether oxygens (including phenoxy) is 1. The lowest BCUT2D eigenvalue weighted by Gasteiger charge is -2.09. The van der Waals surface area contributed by atoms with E-state index in [1.54, 1.807) is 7.11 Å². The van der Waals surface area contributed by atoms with E-state index >= 15 is 0 Å². The fraction of sp³-hybridized carbons (Fsp3) is 0.312. The number of nitrogens with zero attached hydrogens (tertiary/aromatic N) is 5. The zero-order valence-corrected chi connectivity index (χ0v) is 16.0. The third-order valence-corrected chi connectivity index (χ3v) is 5.25. The summed E-state index contributed by atoms with van der Waals surface area (Å²) in [7, 11) is 1.61. The molecule has 1 N–H and O–H groups in total. The lowest BCUT2D eigenvalue weighted by molar-refractivity contribution is -0.113. The van der Waals surface area contributed by atoms with E-state index in [0.29, 0.717) is 22.7 Å². The molecule has 2 heterocycles. The molecule has 8 nitrogen and oxygen atoms in total. The fourth-order valence-corrected chi connectivity index (χ4v) is 3.65. The highest BCUT2D eigenvalue weighted by atomic mass is 32.2. The van der Waals surface area contributed by atoms with Gasteiger partial charge in [-0.15, -0.1) is 20.4 Å². The molecule has 0 aliphatic carbocycles. The van der Waals surface area contributed by atoms with Gasteiger partial charge in [0.25, 0.3) is 0 Å². The predicted octanol–water partition coefficient (Wildman–Crippen LogP) is 2.56. The second kappa shape index (κ2) is 8.88. The summed E-state index contributed by atoms with van der Waals surface area (Å²) in [5.74, 6) is 0.710. The number of carbonyl (C=O) groups excluding carboxylic acids is 1. The summed E-state index contributed by atoms with van der Waals surface area (Å²) < 4.78 is 7.09. The molecular weight excluding hydrogens is 372 g/mol. The third-order valence-electron chi connectivity index (χ3n) is 3.34. The van der Waals surface area contributed by atoms with Crippen LogP contribution in [0, 0.1) is 0 Å². The van der Waals surface area contributed by atoms with Crippen molar-refractivity contribution in [3.63, 3.8) is 0 Å². The smallest absolute Gasteiger partial charge is 0.236 e. The summed E-state index contributed by atoms with van der Waals surface area (Å²) in [6, 6.07) is 9.73. The lowest BCUT2D eigenvalue weighted by Crippen LogP contribution is -2.14. The Bertz CT molecular complexity index is 865. The van der Waals surface area contributed by atoms with Gasteiger partial charge in [-0.25, -0.2) is 0 Å². The lowest BCUT2D eigenvalue weighted by atomic mass is 10.3. The van der Waals surface area contributed by atoms with Gasteiger partial charge in [0, 0.05) is 12.8 Å². The summed E-state index contributed by atoms with van der Waals surface area (Å²) in [6.07, 6.45) is 0.796. The minimum Gasteiger partial charge on any atom is -0.377 e. The van der Waals surface area contributed by atoms with Crippen LogP contribution in [0.4, 0.5) is 5.13 Å². The standard InChI is InChI=1S/C16H18N6O2S2/c1-3-14-19-20-15(26-14)17-13(23)10-25-16-21-18-12(9-24-2)22(16)11-7-5-4-6-8-11/h4-8H,3,9-10H2,1-2H3,(H,17,20,23). The number of benzene rings is 1. The molecule has 10 heteroatoms. The first-order valence-electron chi connectivity index (χ1n) is 7.95. The molecule has 26 heavy (non-hydrogen) atoms. The maximum Gasteiger partial charge on any atom is 0.236 e. The Kier molecular flexibility index (Phi) is 6.31. The number of methoxy groups -OCH3 is 1. The minimum absolute atomic E-state index is 0.162. The number of hydrogen-bond acceptors (Lipinski definition) is 8. The Labute approximate surface area is 159 Å². The van der Waals surface area contributed by atoms with Gasteiger partial charge in [-0.05, 0) is 18.6 Å². The maximum absolute atomic E-state index is 12.2. The van der Waals surface area contributed by atoms with Crippen molar-refractivity contribution in [1.29, 1.82) is 0 Å². The Balaban J connectivity index is 1.70. The van der Waals surface area contributed by atoms with Crippen LogP contribution >= 0.6 is 23.1 Å². The van der Waals surface area contributed by atoms with E-state index in [4.69, 9.17) is 4.74 Å². The Hall–Kier alpha value is -2.30. The molecule has 0 fully saturated rings. The monoisotopic (exact) mass is 390 g/mol. The molecule has 0 aliphatic rings. The molecule has 2 aromatic heterocycles. The largest absolute Gasteiger partial charge is 0.377 e. The summed E-state index contributed by atoms with van der Waals surface area (Å²) in [5.41, 5.74) is 0.921. The SMILES string of the molecule is CCc1nnc(NC(=O)CSc2nnc(COC)n2-c2ccccc2)s1. The summed E-state index contributed by atoms with van der Waals surface area (Å²) >= 11 is 2.69. The highest BCUT2D eigenvalue weighted by Gasteiger charge is 2.16. The summed E-state index contributed by atoms with van der Waals surface area (Å²) in [4.78, 5) is 12.2. The first-order chi connectivity index (χ1) is 12.7. The van der Waals surface area contributed by atoms with Crippen LogP contribution in [0.3, 0.4) is 0 Å². The molecule has 0 bridgehead atoms. The molecule has 0 aliphatic heterocycles. The number of carbonyl (C=O) groups is 1. The van der Waals surface area contributed by atoms with Crippen molar-refractivity contribution in [3.8, 4) is 5.69 Å². The van der Waals surface area contributed by atoms with Crippen molar-refractivity contribution < 1.29 is 9.53 Å². The molecule has 3 aromatic rings. The second-order valence-corrected chi connectivity index (χ2v) is 7.20. The molecule has 1 amide bonds. The number of amides is 1. The number of thioether (sulfide) groups is 1. The van der Waals surface area contributed by atoms with Crippen molar-refractivity contribution in [3.05, 3.63) is 41.2 Å². The number of rotatable bonds is 8. The molecule has 0 radical (unpaired) electrons. The van der Waals surface area contributed by atoms with Gasteiger partial charge in [-0.3, -0.25) is 14.7 Å². The van der Waals surface area contributed by atoms with Crippen LogP contribution in [0.25, 0.3) is 5.69 Å². The fourth-order valence-electron chi connectivity index (χ4n) is 2.19. The average molecular weight is 390 g/mol. The van der Waals surface area contributed by atoms with Crippen LogP contribution in [-0.4, -0.2) is 43.7 Å². The number of aryl methyl sites for hydroxylation is 1. The Morgan fingerprint density at radius 3 is 2.73 bits per heavy atom. The molecule has 0 spiro atoms. The first-order valence-corrected chi connectivity index (χ1v) is 9.75. The van der Waals surface area contributed by atoms with Gasteiger partial charge in [0.15, 0.2) is 11.0 Å². The van der Waals surface area contributed by atoms with Gasteiger partial charge in [0.2, 0.25) is 11.0 Å². The number of hydrogen-bond donors (Lipinski definition) is 1. The van der Waals surface area contributed by atoms with Crippen molar-refractivity contribution in [1.82, 2.24) is 25.0 Å². The third kappa shape index (κ3) is 4.45. The van der Waals surface area contributed by atoms with Crippen LogP contribution < -0.4 is 5.32 Å². The molecule has 1 aromatic carbocycles. The van der Waals surface area contributed by atoms with Gasteiger partial charge < -0.3 is 4.74 Å². The topological polar surface area (TPSA) is 94.8 Å². The van der Waals surface area contributed by atoms with E-state index in [0.717, 1.165) is 17.1 Å². The van der Waals surface area contributed by atoms with E-state index in [2.05, 4.69) is 25.7 Å². The van der Waals surface area contributed by atoms with Gasteiger partial charge in [0.1, 0.15) is 11.6 Å². The zero-order valence-electron chi connectivity index (χ0n) is 14.4. The van der Waals surface area contributed by atoms with E-state index in [1.165, 1.54) is 23.1 Å². The van der Waals surface area contributed by atoms with Crippen LogP contribution in [0.1, 0.15) is 17.8 Å². The molecule has 3 rings (SSSR count). The predicted molar refractivity (Wildman–Crippen MR) is 101 cm³/mol. The second-order valence-electron chi connectivity index (χ2n) is 5.19. The number of anilines is 1. The molecule has 0 atom stereocenters. The quantitative estimate of drug-likeness (QED) is 0.591. The highest BCUT2D eigenvalue weighted by Crippen LogP contribution is 2.23. The summed E-state index contributed by atoms with van der Waals surface area (Å²) in [6.45, 7) is 2.33. The molecule has 136 valence electrons. The van der Waals surface area contributed by atoms with E-state index in [1.807, 2.05) is 41.8 Å². The van der Waals surface area contributed by atoms with Crippen molar-refractivity contribution in [2.45, 2.75) is 25.1 Å². The number of aromatic nitrogens is 5. The normalized spacial score (nSPS) is 10.8. The molecule has 0 saturated carbocycles. The van der Waals surface area contributed by atoms with Crippen LogP contribution in [-0.2, 0) is 22.6 Å². The van der Waals surface area contributed by atoms with Gasteiger partial charge in [-0.2, -0.15) is 0 Å². The Morgan fingerprint density at radius 2 is 2.04 bits per heavy atom. The maximum atomic E-state index is 12.2. The van der Waals surface area contributed by atoms with Crippen molar-refractivity contribution >= 4 is 34.1 Å². The highest BCUT2D eigenvalue weighted by molar-refractivity contribution is 7.99. The number of para-hydroxylation sites is 1. The van der Waals surface area contributed by atoms with Crippen LogP contribution in [0.5, 0.6) is 0 Å². The van der Waals surface area contributed by atoms with Gasteiger partial charge in [0.05, 0.1) is 5.75 Å². The minimum atomic E-state index is -0.162. The molecule has 0 unspecified atom stereocenters. The zero-order chi connectivity index (χ0) is 18.4. The first kappa shape index (κ1) is 18.5. The van der Waals surface area contributed by atoms with E-state index < -0.39 is 0 Å². The van der Waals surface area contributed by atoms with Crippen LogP contribution in [0.2, 0.25) is 0 Å². The molecule has 0 saturated heterocycles. The molecular formula is C16H18N6O2S2. The van der Waals surface area contributed by atoms with Crippen LogP contribution in [0.15, 0.2) is 35.5 Å². The average Bonchev–Trinajstić information content (AvgIpc) is 3.28. The van der Waals surface area contributed by atoms with Gasteiger partial charge in [-0.1, -0.05) is 48.2 Å². The van der Waals surface area contributed by atoms with E-state index in [9.17, 15) is 4.79 Å². The number of nitrogens with one attached hydrogen (secondary N) is 1. The summed E-state index contributed by atoms with van der Waals surface area (Å²) in [5, 5.41) is 21.1. The van der Waals surface area contributed by atoms with Crippen molar-refractivity contribution in [2.24, 2.45) is 0 Å².